The Bertz CT molecular complexity index is 609. The Kier molecular flexibility index (Phi) is 5.14. The first-order chi connectivity index (χ1) is 11.1. The van der Waals surface area contributed by atoms with E-state index in [-0.39, 0.29) is 5.41 Å². The lowest BCUT2D eigenvalue weighted by Gasteiger charge is -2.54. The number of aryl methyl sites for hydroxylation is 1. The number of anilines is 1. The highest BCUT2D eigenvalue weighted by molar-refractivity contribution is 5.66. The summed E-state index contributed by atoms with van der Waals surface area (Å²) in [5.74, 6) is 0. The van der Waals surface area contributed by atoms with Crippen molar-refractivity contribution in [2.45, 2.75) is 46.7 Å². The summed E-state index contributed by atoms with van der Waals surface area (Å²) in [7, 11) is 1.92. The third-order valence-electron chi connectivity index (χ3n) is 5.64. The van der Waals surface area contributed by atoms with Gasteiger partial charge in [-0.05, 0) is 42.5 Å². The minimum atomic E-state index is -0.818. The third kappa shape index (κ3) is 3.51. The Balaban J connectivity index is 2.21. The Labute approximate surface area is 145 Å². The van der Waals surface area contributed by atoms with E-state index in [0.29, 0.717) is 6.54 Å². The SMILES string of the molecule is CNc1ccc(CN2CCN(C(=O)O)[C@@](C)(C(C)(C)C)C2)c(C)c1. The normalized spacial score (nSPS) is 22.5. The van der Waals surface area contributed by atoms with E-state index in [9.17, 15) is 9.90 Å². The molecule has 1 aromatic carbocycles. The Morgan fingerprint density at radius 2 is 2.00 bits per heavy atom. The lowest BCUT2D eigenvalue weighted by atomic mass is 9.72. The van der Waals surface area contributed by atoms with Gasteiger partial charge in [-0.25, -0.2) is 4.79 Å². The number of benzene rings is 1. The summed E-state index contributed by atoms with van der Waals surface area (Å²) in [6, 6.07) is 6.42. The second-order valence-electron chi connectivity index (χ2n) is 8.06. The molecule has 1 aliphatic heterocycles. The van der Waals surface area contributed by atoms with Crippen molar-refractivity contribution in [3.63, 3.8) is 0 Å². The number of hydrogen-bond acceptors (Lipinski definition) is 3. The quantitative estimate of drug-likeness (QED) is 0.887. The molecule has 0 aliphatic carbocycles. The topological polar surface area (TPSA) is 55.8 Å². The van der Waals surface area contributed by atoms with Crippen molar-refractivity contribution in [1.82, 2.24) is 9.80 Å². The minimum Gasteiger partial charge on any atom is -0.465 e. The first-order valence-electron chi connectivity index (χ1n) is 8.58. The number of nitrogens with zero attached hydrogens (tertiary/aromatic N) is 2. The van der Waals surface area contributed by atoms with Crippen LogP contribution in [0.2, 0.25) is 0 Å². The van der Waals surface area contributed by atoms with Crippen molar-refractivity contribution in [1.29, 1.82) is 0 Å². The van der Waals surface area contributed by atoms with Gasteiger partial charge >= 0.3 is 6.09 Å². The molecule has 1 atom stereocenters. The highest BCUT2D eigenvalue weighted by Gasteiger charge is 2.48. The molecule has 1 amide bonds. The van der Waals surface area contributed by atoms with Gasteiger partial charge in [0.05, 0.1) is 5.54 Å². The van der Waals surface area contributed by atoms with Crippen LogP contribution in [0.4, 0.5) is 10.5 Å². The van der Waals surface area contributed by atoms with Crippen LogP contribution >= 0.6 is 0 Å². The lowest BCUT2D eigenvalue weighted by molar-refractivity contribution is -0.0462. The van der Waals surface area contributed by atoms with Crippen molar-refractivity contribution in [2.24, 2.45) is 5.41 Å². The summed E-state index contributed by atoms with van der Waals surface area (Å²) in [4.78, 5) is 15.7. The number of carbonyl (C=O) groups is 1. The van der Waals surface area contributed by atoms with E-state index in [0.717, 1.165) is 25.3 Å². The van der Waals surface area contributed by atoms with Crippen molar-refractivity contribution in [3.05, 3.63) is 29.3 Å². The van der Waals surface area contributed by atoms with Crippen LogP contribution in [-0.4, -0.2) is 53.2 Å². The zero-order valence-corrected chi connectivity index (χ0v) is 15.8. The second-order valence-corrected chi connectivity index (χ2v) is 8.06. The molecule has 0 unspecified atom stereocenters. The first kappa shape index (κ1) is 18.6. The molecule has 1 aliphatic rings. The molecule has 1 heterocycles. The molecule has 5 nitrogen and oxygen atoms in total. The predicted octanol–water partition coefficient (Wildman–Crippen LogP) is 3.64. The molecule has 2 rings (SSSR count). The van der Waals surface area contributed by atoms with Crippen LogP contribution in [-0.2, 0) is 6.54 Å². The molecular weight excluding hydrogens is 302 g/mol. The van der Waals surface area contributed by atoms with E-state index in [1.54, 1.807) is 4.90 Å². The molecule has 0 saturated carbocycles. The van der Waals surface area contributed by atoms with Gasteiger partial charge in [0.15, 0.2) is 0 Å². The van der Waals surface area contributed by atoms with Crippen LogP contribution in [0.1, 0.15) is 38.8 Å². The number of nitrogens with one attached hydrogen (secondary N) is 1. The van der Waals surface area contributed by atoms with Crippen LogP contribution in [0.15, 0.2) is 18.2 Å². The Morgan fingerprint density at radius 3 is 2.50 bits per heavy atom. The molecule has 5 heteroatoms. The van der Waals surface area contributed by atoms with E-state index in [2.05, 4.69) is 63.0 Å². The molecule has 1 aromatic rings. The van der Waals surface area contributed by atoms with Gasteiger partial charge in [-0.1, -0.05) is 26.8 Å². The van der Waals surface area contributed by atoms with Crippen LogP contribution in [0.25, 0.3) is 0 Å². The number of rotatable bonds is 3. The van der Waals surface area contributed by atoms with Gasteiger partial charge in [-0.2, -0.15) is 0 Å². The zero-order chi connectivity index (χ0) is 18.1. The summed E-state index contributed by atoms with van der Waals surface area (Å²) in [6.45, 7) is 13.5. The largest absolute Gasteiger partial charge is 0.465 e. The number of carboxylic acid groups (broad SMARTS) is 1. The molecule has 134 valence electrons. The van der Waals surface area contributed by atoms with Crippen LogP contribution in [0.5, 0.6) is 0 Å². The average Bonchev–Trinajstić information content (AvgIpc) is 2.48. The summed E-state index contributed by atoms with van der Waals surface area (Å²) < 4.78 is 0. The van der Waals surface area contributed by atoms with E-state index in [1.807, 2.05) is 7.05 Å². The van der Waals surface area contributed by atoms with Crippen molar-refractivity contribution in [2.75, 3.05) is 32.0 Å². The van der Waals surface area contributed by atoms with Crippen molar-refractivity contribution < 1.29 is 9.90 Å². The van der Waals surface area contributed by atoms with E-state index >= 15 is 0 Å². The molecule has 0 aromatic heterocycles. The van der Waals surface area contributed by atoms with E-state index in [4.69, 9.17) is 0 Å². The Hall–Kier alpha value is -1.75. The summed E-state index contributed by atoms with van der Waals surface area (Å²) in [5, 5.41) is 12.8. The number of piperazine rings is 1. The summed E-state index contributed by atoms with van der Waals surface area (Å²) >= 11 is 0. The molecule has 0 spiro atoms. The van der Waals surface area contributed by atoms with Crippen molar-refractivity contribution >= 4 is 11.8 Å². The monoisotopic (exact) mass is 333 g/mol. The Morgan fingerprint density at radius 1 is 1.33 bits per heavy atom. The minimum absolute atomic E-state index is 0.130. The summed E-state index contributed by atoms with van der Waals surface area (Å²) in [5.41, 5.74) is 3.14. The number of hydrogen-bond donors (Lipinski definition) is 2. The predicted molar refractivity (Wildman–Crippen MR) is 98.6 cm³/mol. The van der Waals surface area contributed by atoms with Gasteiger partial charge in [-0.3, -0.25) is 9.80 Å². The molecular formula is C19H31N3O2. The number of amides is 1. The zero-order valence-electron chi connectivity index (χ0n) is 15.8. The second kappa shape index (κ2) is 6.63. The standard InChI is InChI=1S/C19H31N3O2/c1-14-11-16(20-6)8-7-15(14)12-21-9-10-22(17(23)24)19(5,13-21)18(2,3)4/h7-8,11,20H,9-10,12-13H2,1-6H3,(H,23,24)/t19-/m1/s1. The molecule has 1 saturated heterocycles. The first-order valence-corrected chi connectivity index (χ1v) is 8.58. The fraction of sp³-hybridized carbons (Fsp3) is 0.632. The fourth-order valence-corrected chi connectivity index (χ4v) is 3.44. The van der Waals surface area contributed by atoms with Gasteiger partial charge in [-0.15, -0.1) is 0 Å². The lowest BCUT2D eigenvalue weighted by Crippen LogP contribution is -2.67. The summed E-state index contributed by atoms with van der Waals surface area (Å²) in [6.07, 6.45) is -0.818. The van der Waals surface area contributed by atoms with Crippen molar-refractivity contribution in [3.8, 4) is 0 Å². The van der Waals surface area contributed by atoms with Crippen LogP contribution in [0, 0.1) is 12.3 Å². The maximum absolute atomic E-state index is 11.7. The van der Waals surface area contributed by atoms with Crippen LogP contribution < -0.4 is 5.32 Å². The molecule has 0 bridgehead atoms. The maximum Gasteiger partial charge on any atom is 0.407 e. The molecule has 24 heavy (non-hydrogen) atoms. The smallest absolute Gasteiger partial charge is 0.407 e. The van der Waals surface area contributed by atoms with E-state index in [1.165, 1.54) is 11.1 Å². The van der Waals surface area contributed by atoms with Crippen LogP contribution in [0.3, 0.4) is 0 Å². The highest BCUT2D eigenvalue weighted by Crippen LogP contribution is 2.38. The molecule has 1 fully saturated rings. The third-order valence-corrected chi connectivity index (χ3v) is 5.64. The van der Waals surface area contributed by atoms with Gasteiger partial charge < -0.3 is 10.4 Å². The van der Waals surface area contributed by atoms with E-state index < -0.39 is 11.6 Å². The van der Waals surface area contributed by atoms with Gasteiger partial charge in [0.1, 0.15) is 0 Å². The van der Waals surface area contributed by atoms with Gasteiger partial charge in [0.2, 0.25) is 0 Å². The highest BCUT2D eigenvalue weighted by atomic mass is 16.4. The fourth-order valence-electron chi connectivity index (χ4n) is 3.44. The maximum atomic E-state index is 11.7. The molecule has 2 N–H and O–H groups in total. The van der Waals surface area contributed by atoms with Gasteiger partial charge in [0.25, 0.3) is 0 Å². The van der Waals surface area contributed by atoms with Gasteiger partial charge in [0, 0.05) is 38.9 Å². The molecule has 0 radical (unpaired) electrons. The average molecular weight is 333 g/mol.